The zero-order valence-corrected chi connectivity index (χ0v) is 12.0. The van der Waals surface area contributed by atoms with Crippen LogP contribution in [0.25, 0.3) is 0 Å². The molecule has 5 heteroatoms. The minimum absolute atomic E-state index is 0. The molecule has 1 unspecified atom stereocenters. The maximum Gasteiger partial charge on any atom is 0.238 e. The van der Waals surface area contributed by atoms with Gasteiger partial charge in [0, 0.05) is 18.3 Å². The standard InChI is InChI=1S/C13H21N3O.ClH/c1-10-4-6-12(7-5-10)15-13(17)9-16(3)8-11(2)14;/h4-7,11H,8-9,14H2,1-3H3,(H,15,17);1H. The van der Waals surface area contributed by atoms with Gasteiger partial charge in [-0.05, 0) is 33.0 Å². The van der Waals surface area contributed by atoms with Crippen LogP contribution in [0.3, 0.4) is 0 Å². The Labute approximate surface area is 115 Å². The van der Waals surface area contributed by atoms with E-state index in [1.54, 1.807) is 0 Å². The Morgan fingerprint density at radius 1 is 1.39 bits per heavy atom. The lowest BCUT2D eigenvalue weighted by Gasteiger charge is -2.18. The highest BCUT2D eigenvalue weighted by molar-refractivity contribution is 5.92. The van der Waals surface area contributed by atoms with Crippen LogP contribution in [0.4, 0.5) is 5.69 Å². The first-order chi connectivity index (χ1) is 7.97. The summed E-state index contributed by atoms with van der Waals surface area (Å²) in [5.74, 6) is -0.0167. The molecule has 0 fully saturated rings. The van der Waals surface area contributed by atoms with Crippen LogP contribution < -0.4 is 11.1 Å². The van der Waals surface area contributed by atoms with Crippen molar-refractivity contribution >= 4 is 24.0 Å². The van der Waals surface area contributed by atoms with E-state index < -0.39 is 0 Å². The van der Waals surface area contributed by atoms with Gasteiger partial charge in [-0.3, -0.25) is 9.69 Å². The number of amides is 1. The van der Waals surface area contributed by atoms with Crippen molar-refractivity contribution in [2.24, 2.45) is 5.73 Å². The predicted octanol–water partition coefficient (Wildman–Crippen LogP) is 1.63. The van der Waals surface area contributed by atoms with Crippen molar-refractivity contribution in [1.29, 1.82) is 0 Å². The molecule has 0 aliphatic rings. The van der Waals surface area contributed by atoms with E-state index in [0.717, 1.165) is 5.69 Å². The van der Waals surface area contributed by atoms with Gasteiger partial charge in [0.25, 0.3) is 0 Å². The van der Waals surface area contributed by atoms with E-state index in [4.69, 9.17) is 5.73 Å². The smallest absolute Gasteiger partial charge is 0.238 e. The fourth-order valence-electron chi connectivity index (χ4n) is 1.64. The third-order valence-corrected chi connectivity index (χ3v) is 2.35. The molecule has 0 bridgehead atoms. The van der Waals surface area contributed by atoms with Gasteiger partial charge in [-0.2, -0.15) is 0 Å². The number of halogens is 1. The Balaban J connectivity index is 0.00000289. The molecular formula is C13H22ClN3O. The SMILES string of the molecule is Cc1ccc(NC(=O)CN(C)CC(C)N)cc1.Cl. The molecule has 3 N–H and O–H groups in total. The number of carbonyl (C=O) groups is 1. The zero-order chi connectivity index (χ0) is 12.8. The molecule has 1 aromatic rings. The van der Waals surface area contributed by atoms with Crippen molar-refractivity contribution in [2.75, 3.05) is 25.5 Å². The molecule has 18 heavy (non-hydrogen) atoms. The number of rotatable bonds is 5. The third-order valence-electron chi connectivity index (χ3n) is 2.35. The summed E-state index contributed by atoms with van der Waals surface area (Å²) in [5.41, 5.74) is 7.67. The molecule has 4 nitrogen and oxygen atoms in total. The van der Waals surface area contributed by atoms with Crippen molar-refractivity contribution in [1.82, 2.24) is 4.90 Å². The van der Waals surface area contributed by atoms with Gasteiger partial charge in [0.2, 0.25) is 5.91 Å². The Morgan fingerprint density at radius 2 is 1.94 bits per heavy atom. The quantitative estimate of drug-likeness (QED) is 0.856. The summed E-state index contributed by atoms with van der Waals surface area (Å²) in [6, 6.07) is 7.83. The fraction of sp³-hybridized carbons (Fsp3) is 0.462. The molecule has 102 valence electrons. The first-order valence-corrected chi connectivity index (χ1v) is 5.78. The fourth-order valence-corrected chi connectivity index (χ4v) is 1.64. The van der Waals surface area contributed by atoms with Crippen LogP contribution in [0.15, 0.2) is 24.3 Å². The molecule has 0 heterocycles. The molecule has 0 aliphatic carbocycles. The lowest BCUT2D eigenvalue weighted by Crippen LogP contribution is -2.37. The lowest BCUT2D eigenvalue weighted by atomic mass is 10.2. The summed E-state index contributed by atoms with van der Waals surface area (Å²) in [7, 11) is 1.89. The van der Waals surface area contributed by atoms with Gasteiger partial charge in [0.1, 0.15) is 0 Å². The highest BCUT2D eigenvalue weighted by Gasteiger charge is 2.08. The minimum Gasteiger partial charge on any atom is -0.327 e. The number of likely N-dealkylation sites (N-methyl/N-ethyl adjacent to an activating group) is 1. The van der Waals surface area contributed by atoms with E-state index in [9.17, 15) is 4.79 Å². The number of aryl methyl sites for hydroxylation is 1. The number of nitrogens with zero attached hydrogens (tertiary/aromatic N) is 1. The van der Waals surface area contributed by atoms with E-state index in [0.29, 0.717) is 13.1 Å². The van der Waals surface area contributed by atoms with Gasteiger partial charge in [-0.25, -0.2) is 0 Å². The first kappa shape index (κ1) is 16.9. The summed E-state index contributed by atoms with van der Waals surface area (Å²) in [6.07, 6.45) is 0. The molecule has 1 aromatic carbocycles. The molecule has 1 rings (SSSR count). The van der Waals surface area contributed by atoms with Gasteiger partial charge in [-0.1, -0.05) is 17.7 Å². The highest BCUT2D eigenvalue weighted by Crippen LogP contribution is 2.08. The van der Waals surface area contributed by atoms with Crippen LogP contribution in [0.1, 0.15) is 12.5 Å². The number of nitrogens with one attached hydrogen (secondary N) is 1. The Kier molecular flexibility index (Phi) is 7.59. The Bertz CT molecular complexity index is 365. The Morgan fingerprint density at radius 3 is 2.44 bits per heavy atom. The average Bonchev–Trinajstić information content (AvgIpc) is 2.19. The van der Waals surface area contributed by atoms with Gasteiger partial charge in [-0.15, -0.1) is 12.4 Å². The summed E-state index contributed by atoms with van der Waals surface area (Å²) in [5, 5.41) is 2.85. The monoisotopic (exact) mass is 271 g/mol. The third kappa shape index (κ3) is 6.59. The normalized spacial score (nSPS) is 11.8. The van der Waals surface area contributed by atoms with Gasteiger partial charge < -0.3 is 11.1 Å². The van der Waals surface area contributed by atoms with E-state index in [1.165, 1.54) is 5.56 Å². The van der Waals surface area contributed by atoms with E-state index in [2.05, 4.69) is 5.32 Å². The molecule has 0 radical (unpaired) electrons. The number of nitrogens with two attached hydrogens (primary N) is 1. The van der Waals surface area contributed by atoms with Crippen molar-refractivity contribution < 1.29 is 4.79 Å². The number of hydrogen-bond donors (Lipinski definition) is 2. The molecule has 0 aliphatic heterocycles. The van der Waals surface area contributed by atoms with Crippen LogP contribution in [-0.4, -0.2) is 37.0 Å². The largest absolute Gasteiger partial charge is 0.327 e. The van der Waals surface area contributed by atoms with Crippen LogP contribution in [0.2, 0.25) is 0 Å². The number of carbonyl (C=O) groups excluding carboxylic acids is 1. The van der Waals surface area contributed by atoms with Gasteiger partial charge >= 0.3 is 0 Å². The second kappa shape index (κ2) is 8.08. The number of hydrogen-bond acceptors (Lipinski definition) is 3. The maximum absolute atomic E-state index is 11.7. The number of benzene rings is 1. The van der Waals surface area contributed by atoms with Crippen LogP contribution in [0, 0.1) is 6.92 Å². The van der Waals surface area contributed by atoms with Gasteiger partial charge in [0.05, 0.1) is 6.54 Å². The van der Waals surface area contributed by atoms with Crippen molar-refractivity contribution in [3.63, 3.8) is 0 Å². The summed E-state index contributed by atoms with van der Waals surface area (Å²) < 4.78 is 0. The summed E-state index contributed by atoms with van der Waals surface area (Å²) in [4.78, 5) is 13.6. The predicted molar refractivity (Wildman–Crippen MR) is 78.2 cm³/mol. The summed E-state index contributed by atoms with van der Waals surface area (Å²) in [6.45, 7) is 5.01. The molecule has 0 spiro atoms. The minimum atomic E-state index is -0.0167. The lowest BCUT2D eigenvalue weighted by molar-refractivity contribution is -0.117. The van der Waals surface area contributed by atoms with E-state index in [1.807, 2.05) is 50.1 Å². The molecule has 0 aromatic heterocycles. The zero-order valence-electron chi connectivity index (χ0n) is 11.1. The summed E-state index contributed by atoms with van der Waals surface area (Å²) >= 11 is 0. The molecule has 0 saturated carbocycles. The topological polar surface area (TPSA) is 58.4 Å². The van der Waals surface area contributed by atoms with Crippen molar-refractivity contribution in [3.05, 3.63) is 29.8 Å². The Hall–Kier alpha value is -1.10. The highest BCUT2D eigenvalue weighted by atomic mass is 35.5. The molecular weight excluding hydrogens is 250 g/mol. The second-order valence-electron chi connectivity index (χ2n) is 4.59. The van der Waals surface area contributed by atoms with Gasteiger partial charge in [0.15, 0.2) is 0 Å². The van der Waals surface area contributed by atoms with Crippen LogP contribution in [0.5, 0.6) is 0 Å². The van der Waals surface area contributed by atoms with Crippen molar-refractivity contribution in [2.45, 2.75) is 19.9 Å². The maximum atomic E-state index is 11.7. The van der Waals surface area contributed by atoms with Crippen LogP contribution in [-0.2, 0) is 4.79 Å². The first-order valence-electron chi connectivity index (χ1n) is 5.78. The molecule has 1 amide bonds. The second-order valence-corrected chi connectivity index (χ2v) is 4.59. The van der Waals surface area contributed by atoms with E-state index >= 15 is 0 Å². The number of anilines is 1. The van der Waals surface area contributed by atoms with E-state index in [-0.39, 0.29) is 24.4 Å². The molecule has 1 atom stereocenters. The van der Waals surface area contributed by atoms with Crippen LogP contribution >= 0.6 is 12.4 Å². The average molecular weight is 272 g/mol. The molecule has 0 saturated heterocycles. The van der Waals surface area contributed by atoms with Crippen molar-refractivity contribution in [3.8, 4) is 0 Å².